The first kappa shape index (κ1) is 21.4. The third-order valence-electron chi connectivity index (χ3n) is 4.61. The van der Waals surface area contributed by atoms with Crippen LogP contribution < -0.4 is 9.46 Å². The van der Waals surface area contributed by atoms with E-state index in [-0.39, 0.29) is 9.79 Å². The van der Waals surface area contributed by atoms with Crippen LogP contribution in [-0.2, 0) is 19.9 Å². The predicted octanol–water partition coefficient (Wildman–Crippen LogP) is 3.15. The summed E-state index contributed by atoms with van der Waals surface area (Å²) < 4.78 is 57.0. The van der Waals surface area contributed by atoms with Gasteiger partial charge in [-0.3, -0.25) is 0 Å². The third-order valence-corrected chi connectivity index (χ3v) is 7.36. The Morgan fingerprint density at radius 1 is 0.963 bits per heavy atom. The molecule has 0 aliphatic carbocycles. The maximum Gasteiger partial charge on any atom is 0.241 e. The Balaban J connectivity index is 2.36. The monoisotopic (exact) mass is 411 g/mol. The Hall–Kier alpha value is -1.90. The van der Waals surface area contributed by atoms with Gasteiger partial charge in [0.1, 0.15) is 5.75 Å². The van der Waals surface area contributed by atoms with Crippen LogP contribution in [0.1, 0.15) is 36.1 Å². The smallest absolute Gasteiger partial charge is 0.241 e. The maximum absolute atomic E-state index is 12.9. The van der Waals surface area contributed by atoms with Crippen LogP contribution in [0.2, 0.25) is 0 Å². The van der Waals surface area contributed by atoms with Crippen LogP contribution in [0.3, 0.4) is 0 Å². The van der Waals surface area contributed by atoms with Gasteiger partial charge in [0.25, 0.3) is 0 Å². The van der Waals surface area contributed by atoms with E-state index in [2.05, 4.69) is 4.72 Å². The molecule has 0 aliphatic rings. The number of hydrogen-bond donors (Lipinski definition) is 1. The zero-order valence-electron chi connectivity index (χ0n) is 16.1. The summed E-state index contributed by atoms with van der Waals surface area (Å²) in [5.41, 5.74) is 2.10. The molecular formula is C19H25NO5S2. The quantitative estimate of drug-likeness (QED) is 0.756. The summed E-state index contributed by atoms with van der Waals surface area (Å²) in [6.45, 7) is 5.42. The average molecular weight is 412 g/mol. The molecule has 0 heterocycles. The Morgan fingerprint density at radius 3 is 2.04 bits per heavy atom. The normalized spacial score (nSPS) is 13.4. The van der Waals surface area contributed by atoms with Gasteiger partial charge in [-0.05, 0) is 61.2 Å². The number of sulfone groups is 1. The summed E-state index contributed by atoms with van der Waals surface area (Å²) in [7, 11) is -5.51. The van der Waals surface area contributed by atoms with Crippen LogP contribution in [0.4, 0.5) is 0 Å². The number of hydrogen-bond acceptors (Lipinski definition) is 5. The molecule has 0 fully saturated rings. The fourth-order valence-electron chi connectivity index (χ4n) is 2.87. The largest absolute Gasteiger partial charge is 0.496 e. The molecule has 6 nitrogen and oxygen atoms in total. The Kier molecular flexibility index (Phi) is 6.34. The molecule has 2 aromatic rings. The zero-order chi connectivity index (χ0) is 20.4. The second-order valence-electron chi connectivity index (χ2n) is 6.44. The van der Waals surface area contributed by atoms with Crippen molar-refractivity contribution < 1.29 is 21.6 Å². The van der Waals surface area contributed by atoms with E-state index in [9.17, 15) is 16.8 Å². The van der Waals surface area contributed by atoms with Crippen molar-refractivity contribution in [2.24, 2.45) is 0 Å². The van der Waals surface area contributed by atoms with Gasteiger partial charge >= 0.3 is 0 Å². The minimum Gasteiger partial charge on any atom is -0.496 e. The van der Waals surface area contributed by atoms with E-state index in [0.717, 1.165) is 11.8 Å². The number of nitrogens with one attached hydrogen (secondary N) is 1. The number of benzene rings is 2. The Morgan fingerprint density at radius 2 is 1.56 bits per heavy atom. The van der Waals surface area contributed by atoms with Crippen LogP contribution in [-0.4, -0.2) is 30.2 Å². The van der Waals surface area contributed by atoms with Crippen LogP contribution in [0.5, 0.6) is 5.75 Å². The Labute approximate surface area is 161 Å². The number of methoxy groups -OCH3 is 1. The van der Waals surface area contributed by atoms with Crippen molar-refractivity contribution in [1.82, 2.24) is 4.72 Å². The van der Waals surface area contributed by atoms with E-state index < -0.39 is 25.9 Å². The molecule has 1 N–H and O–H groups in total. The summed E-state index contributed by atoms with van der Waals surface area (Å²) in [5.74, 6) is 0.634. The van der Waals surface area contributed by atoms with Crippen LogP contribution in [0.25, 0.3) is 0 Å². The fraction of sp³-hybridized carbons (Fsp3) is 0.368. The summed E-state index contributed by atoms with van der Waals surface area (Å²) in [6, 6.07) is 8.96. The van der Waals surface area contributed by atoms with Gasteiger partial charge in [-0.15, -0.1) is 0 Å². The molecule has 2 aromatic carbocycles. The van der Waals surface area contributed by atoms with E-state index >= 15 is 0 Å². The summed E-state index contributed by atoms with van der Waals surface area (Å²) >= 11 is 0. The maximum atomic E-state index is 12.9. The van der Waals surface area contributed by atoms with Crippen molar-refractivity contribution in [3.63, 3.8) is 0 Å². The van der Waals surface area contributed by atoms with Crippen LogP contribution >= 0.6 is 0 Å². The molecule has 0 aliphatic heterocycles. The van der Waals surface area contributed by atoms with E-state index in [1.54, 1.807) is 32.2 Å². The minimum atomic E-state index is -3.76. The molecule has 0 saturated carbocycles. The van der Waals surface area contributed by atoms with E-state index in [1.165, 1.54) is 18.2 Å². The molecule has 2 rings (SSSR count). The highest BCUT2D eigenvalue weighted by molar-refractivity contribution is 7.90. The number of rotatable bonds is 7. The molecule has 0 amide bonds. The van der Waals surface area contributed by atoms with Crippen LogP contribution in [0, 0.1) is 13.8 Å². The summed E-state index contributed by atoms with van der Waals surface area (Å²) in [4.78, 5) is 0.401. The van der Waals surface area contributed by atoms with Crippen molar-refractivity contribution in [1.29, 1.82) is 0 Å². The van der Waals surface area contributed by atoms with Crippen molar-refractivity contribution in [2.75, 3.05) is 13.4 Å². The fourth-order valence-corrected chi connectivity index (χ4v) is 5.11. The second kappa shape index (κ2) is 8.00. The van der Waals surface area contributed by atoms with Gasteiger partial charge in [0.15, 0.2) is 9.84 Å². The molecule has 0 aromatic heterocycles. The van der Waals surface area contributed by atoms with Crippen molar-refractivity contribution >= 4 is 19.9 Å². The lowest BCUT2D eigenvalue weighted by atomic mass is 10.1. The topological polar surface area (TPSA) is 89.5 Å². The van der Waals surface area contributed by atoms with Gasteiger partial charge < -0.3 is 4.74 Å². The summed E-state index contributed by atoms with van der Waals surface area (Å²) in [5, 5.41) is 0. The molecule has 8 heteroatoms. The van der Waals surface area contributed by atoms with Crippen molar-refractivity contribution in [2.45, 2.75) is 43.0 Å². The predicted molar refractivity (Wildman–Crippen MR) is 105 cm³/mol. The average Bonchev–Trinajstić information content (AvgIpc) is 2.61. The molecule has 0 saturated heterocycles. The summed E-state index contributed by atoms with van der Waals surface area (Å²) in [6.07, 6.45) is 1.66. The number of sulfonamides is 1. The van der Waals surface area contributed by atoms with E-state index in [0.29, 0.717) is 23.3 Å². The van der Waals surface area contributed by atoms with E-state index in [4.69, 9.17) is 4.74 Å². The first-order chi connectivity index (χ1) is 12.5. The number of ether oxygens (including phenoxy) is 1. The molecule has 148 valence electrons. The standard InChI is InChI=1S/C19H25NO5S2/c1-6-17(15-7-9-16(10-8-15)26(5,21)22)20-27(23,24)19-12-11-18(25-4)13(2)14(19)3/h7-12,17,20H,6H2,1-5H3. The zero-order valence-corrected chi connectivity index (χ0v) is 17.7. The lowest BCUT2D eigenvalue weighted by molar-refractivity contribution is 0.410. The van der Waals surface area contributed by atoms with Crippen LogP contribution in [0.15, 0.2) is 46.2 Å². The molecular weight excluding hydrogens is 386 g/mol. The van der Waals surface area contributed by atoms with Gasteiger partial charge in [-0.2, -0.15) is 0 Å². The lowest BCUT2D eigenvalue weighted by Crippen LogP contribution is -2.29. The molecule has 1 unspecified atom stereocenters. The third kappa shape index (κ3) is 4.69. The van der Waals surface area contributed by atoms with Gasteiger partial charge in [-0.25, -0.2) is 21.6 Å². The van der Waals surface area contributed by atoms with Gasteiger partial charge in [0.05, 0.1) is 16.9 Å². The van der Waals surface area contributed by atoms with Crippen molar-refractivity contribution in [3.8, 4) is 5.75 Å². The first-order valence-corrected chi connectivity index (χ1v) is 11.8. The highest BCUT2D eigenvalue weighted by atomic mass is 32.2. The van der Waals surface area contributed by atoms with Gasteiger partial charge in [0, 0.05) is 12.3 Å². The van der Waals surface area contributed by atoms with Gasteiger partial charge in [-0.1, -0.05) is 19.1 Å². The lowest BCUT2D eigenvalue weighted by Gasteiger charge is -2.20. The molecule has 0 bridgehead atoms. The van der Waals surface area contributed by atoms with Gasteiger partial charge in [0.2, 0.25) is 10.0 Å². The molecule has 0 radical (unpaired) electrons. The van der Waals surface area contributed by atoms with Crippen molar-refractivity contribution in [3.05, 3.63) is 53.1 Å². The molecule has 1 atom stereocenters. The molecule has 27 heavy (non-hydrogen) atoms. The molecule has 0 spiro atoms. The Bertz CT molecular complexity index is 1030. The SMILES string of the molecule is CCC(NS(=O)(=O)c1ccc(OC)c(C)c1C)c1ccc(S(C)(=O)=O)cc1. The highest BCUT2D eigenvalue weighted by Crippen LogP contribution is 2.28. The van der Waals surface area contributed by atoms with E-state index in [1.807, 2.05) is 13.8 Å². The minimum absolute atomic E-state index is 0.200. The first-order valence-electron chi connectivity index (χ1n) is 8.47. The highest BCUT2D eigenvalue weighted by Gasteiger charge is 2.23. The second-order valence-corrected chi connectivity index (χ2v) is 10.1.